The summed E-state index contributed by atoms with van der Waals surface area (Å²) >= 11 is 0. The highest BCUT2D eigenvalue weighted by Crippen LogP contribution is 2.16. The van der Waals surface area contributed by atoms with Crippen molar-refractivity contribution in [3.05, 3.63) is 59.7 Å². The molecule has 0 unspecified atom stereocenters. The number of nitrogens with one attached hydrogen (secondary N) is 1. The van der Waals surface area contributed by atoms with E-state index in [1.807, 2.05) is 55.5 Å². The summed E-state index contributed by atoms with van der Waals surface area (Å²) < 4.78 is 5.68. The second-order valence-electron chi connectivity index (χ2n) is 5.96. The fraction of sp³-hybridized carbons (Fsp3) is 0.300. The van der Waals surface area contributed by atoms with Crippen molar-refractivity contribution in [1.82, 2.24) is 0 Å². The minimum Gasteiger partial charge on any atom is -0.481 e. The van der Waals surface area contributed by atoms with Gasteiger partial charge in [0, 0.05) is 12.1 Å². The van der Waals surface area contributed by atoms with E-state index in [-0.39, 0.29) is 11.7 Å². The third-order valence-electron chi connectivity index (χ3n) is 3.66. The fourth-order valence-corrected chi connectivity index (χ4v) is 2.28. The van der Waals surface area contributed by atoms with Crippen LogP contribution in [-0.2, 0) is 16.0 Å². The molecule has 0 fully saturated rings. The van der Waals surface area contributed by atoms with Crippen molar-refractivity contribution in [2.45, 2.75) is 39.7 Å². The van der Waals surface area contributed by atoms with Gasteiger partial charge in [0.25, 0.3) is 5.91 Å². The van der Waals surface area contributed by atoms with E-state index in [1.54, 1.807) is 13.8 Å². The highest BCUT2D eigenvalue weighted by atomic mass is 16.5. The van der Waals surface area contributed by atoms with Crippen LogP contribution < -0.4 is 10.1 Å². The number of anilines is 1. The molecule has 0 radical (unpaired) electrons. The molecule has 0 bridgehead atoms. The molecule has 0 heterocycles. The lowest BCUT2D eigenvalue weighted by atomic mass is 10.1. The molecule has 0 aliphatic carbocycles. The molecule has 0 saturated carbocycles. The van der Waals surface area contributed by atoms with Gasteiger partial charge in [0.15, 0.2) is 6.10 Å². The Hall–Kier alpha value is -2.62. The summed E-state index contributed by atoms with van der Waals surface area (Å²) in [6.07, 6.45) is 0.655. The number of amides is 1. The van der Waals surface area contributed by atoms with Crippen LogP contribution in [0.2, 0.25) is 0 Å². The number of hydrogen-bond donors (Lipinski definition) is 1. The maximum absolute atomic E-state index is 12.2. The van der Waals surface area contributed by atoms with Crippen LogP contribution in [0, 0.1) is 6.92 Å². The van der Waals surface area contributed by atoms with Gasteiger partial charge in [-0.2, -0.15) is 0 Å². The summed E-state index contributed by atoms with van der Waals surface area (Å²) in [6, 6.07) is 15.1. The largest absolute Gasteiger partial charge is 0.481 e. The van der Waals surface area contributed by atoms with Crippen LogP contribution in [-0.4, -0.2) is 17.8 Å². The van der Waals surface area contributed by atoms with Crippen molar-refractivity contribution >= 4 is 17.4 Å². The number of carbonyl (C=O) groups excluding carboxylic acids is 2. The first-order valence-corrected chi connectivity index (χ1v) is 8.06. The average molecular weight is 325 g/mol. The number of ether oxygens (including phenoxy) is 1. The Morgan fingerprint density at radius 1 is 1.12 bits per heavy atom. The topological polar surface area (TPSA) is 55.4 Å². The molecule has 1 amide bonds. The van der Waals surface area contributed by atoms with E-state index in [9.17, 15) is 9.59 Å². The van der Waals surface area contributed by atoms with E-state index < -0.39 is 6.10 Å². The molecule has 126 valence electrons. The van der Waals surface area contributed by atoms with Gasteiger partial charge in [-0.3, -0.25) is 4.79 Å². The Balaban J connectivity index is 1.90. The summed E-state index contributed by atoms with van der Waals surface area (Å²) in [4.78, 5) is 23.2. The quantitative estimate of drug-likeness (QED) is 0.839. The van der Waals surface area contributed by atoms with Gasteiger partial charge in [-0.05, 0) is 62.6 Å². The number of hydrogen-bond acceptors (Lipinski definition) is 3. The van der Waals surface area contributed by atoms with Crippen LogP contribution >= 0.6 is 0 Å². The third-order valence-corrected chi connectivity index (χ3v) is 3.66. The van der Waals surface area contributed by atoms with Crippen LogP contribution in [0.25, 0.3) is 0 Å². The third kappa shape index (κ3) is 5.54. The van der Waals surface area contributed by atoms with Crippen molar-refractivity contribution in [2.24, 2.45) is 0 Å². The van der Waals surface area contributed by atoms with Crippen molar-refractivity contribution in [3.8, 4) is 5.75 Å². The SMILES string of the molecule is CC(=O)CCc1ccc(O[C@@H](C)C(=O)Nc2cccc(C)c2)cc1. The molecule has 0 spiro atoms. The number of ketones is 1. The second kappa shape index (κ2) is 8.29. The molecule has 4 heteroatoms. The molecule has 1 N–H and O–H groups in total. The summed E-state index contributed by atoms with van der Waals surface area (Å²) in [6.45, 7) is 5.28. The first kappa shape index (κ1) is 17.7. The van der Waals surface area contributed by atoms with E-state index in [0.717, 1.165) is 23.2 Å². The van der Waals surface area contributed by atoms with Gasteiger partial charge < -0.3 is 14.8 Å². The van der Waals surface area contributed by atoms with Gasteiger partial charge in [0.2, 0.25) is 0 Å². The van der Waals surface area contributed by atoms with Gasteiger partial charge in [0.1, 0.15) is 11.5 Å². The molecule has 4 nitrogen and oxygen atoms in total. The number of carbonyl (C=O) groups is 2. The monoisotopic (exact) mass is 325 g/mol. The first-order chi connectivity index (χ1) is 11.4. The molecule has 24 heavy (non-hydrogen) atoms. The molecular formula is C20H23NO3. The smallest absolute Gasteiger partial charge is 0.265 e. The molecule has 0 aliphatic heterocycles. The molecule has 0 aromatic heterocycles. The highest BCUT2D eigenvalue weighted by molar-refractivity contribution is 5.94. The lowest BCUT2D eigenvalue weighted by Gasteiger charge is -2.15. The zero-order valence-corrected chi connectivity index (χ0v) is 14.3. The Bertz CT molecular complexity index is 707. The zero-order chi connectivity index (χ0) is 17.5. The van der Waals surface area contributed by atoms with E-state index in [4.69, 9.17) is 4.74 Å². The second-order valence-corrected chi connectivity index (χ2v) is 5.96. The summed E-state index contributed by atoms with van der Waals surface area (Å²) in [5, 5.41) is 2.85. The molecule has 0 aliphatic rings. The van der Waals surface area contributed by atoms with Crippen molar-refractivity contribution in [1.29, 1.82) is 0 Å². The maximum atomic E-state index is 12.2. The zero-order valence-electron chi connectivity index (χ0n) is 14.3. The molecule has 2 aromatic carbocycles. The standard InChI is InChI=1S/C20H23NO3/c1-14-5-4-6-18(13-14)21-20(23)16(3)24-19-11-9-17(10-12-19)8-7-15(2)22/h4-6,9-13,16H,7-8H2,1-3H3,(H,21,23)/t16-/m0/s1. The molecular weight excluding hydrogens is 302 g/mol. The van der Waals surface area contributed by atoms with Crippen LogP contribution in [0.15, 0.2) is 48.5 Å². The van der Waals surface area contributed by atoms with Gasteiger partial charge >= 0.3 is 0 Å². The minimum absolute atomic E-state index is 0.178. The number of aryl methyl sites for hydroxylation is 2. The van der Waals surface area contributed by atoms with Gasteiger partial charge in [-0.25, -0.2) is 0 Å². The van der Waals surface area contributed by atoms with Crippen LogP contribution in [0.4, 0.5) is 5.69 Å². The fourth-order valence-electron chi connectivity index (χ4n) is 2.28. The van der Waals surface area contributed by atoms with E-state index in [2.05, 4.69) is 5.32 Å². The van der Waals surface area contributed by atoms with Gasteiger partial charge in [0.05, 0.1) is 0 Å². The Kier molecular flexibility index (Phi) is 6.13. The van der Waals surface area contributed by atoms with Crippen molar-refractivity contribution < 1.29 is 14.3 Å². The van der Waals surface area contributed by atoms with Crippen LogP contribution in [0.3, 0.4) is 0 Å². The Morgan fingerprint density at radius 3 is 2.46 bits per heavy atom. The van der Waals surface area contributed by atoms with E-state index >= 15 is 0 Å². The lowest BCUT2D eigenvalue weighted by Crippen LogP contribution is -2.30. The predicted molar refractivity (Wildman–Crippen MR) is 95.3 cm³/mol. The van der Waals surface area contributed by atoms with Crippen LogP contribution in [0.1, 0.15) is 31.4 Å². The first-order valence-electron chi connectivity index (χ1n) is 8.06. The maximum Gasteiger partial charge on any atom is 0.265 e. The molecule has 2 aromatic rings. The predicted octanol–water partition coefficient (Wildman–Crippen LogP) is 3.92. The molecule has 2 rings (SSSR count). The van der Waals surface area contributed by atoms with Gasteiger partial charge in [-0.15, -0.1) is 0 Å². The van der Waals surface area contributed by atoms with Gasteiger partial charge in [-0.1, -0.05) is 24.3 Å². The van der Waals surface area contributed by atoms with E-state index in [1.165, 1.54) is 0 Å². The number of rotatable bonds is 7. The minimum atomic E-state index is -0.603. The summed E-state index contributed by atoms with van der Waals surface area (Å²) in [5.74, 6) is 0.617. The Morgan fingerprint density at radius 2 is 1.83 bits per heavy atom. The number of benzene rings is 2. The lowest BCUT2D eigenvalue weighted by molar-refractivity contribution is -0.122. The van der Waals surface area contributed by atoms with Crippen LogP contribution in [0.5, 0.6) is 5.75 Å². The summed E-state index contributed by atoms with van der Waals surface area (Å²) in [5.41, 5.74) is 2.92. The van der Waals surface area contributed by atoms with Crippen molar-refractivity contribution in [2.75, 3.05) is 5.32 Å². The van der Waals surface area contributed by atoms with Crippen molar-refractivity contribution in [3.63, 3.8) is 0 Å². The van der Waals surface area contributed by atoms with E-state index in [0.29, 0.717) is 12.2 Å². The normalized spacial score (nSPS) is 11.6. The Labute approximate surface area is 142 Å². The summed E-state index contributed by atoms with van der Waals surface area (Å²) in [7, 11) is 0. The number of Topliss-reactive ketones (excluding diaryl/α,β-unsaturated/α-hetero) is 1. The average Bonchev–Trinajstić information content (AvgIpc) is 2.54. The molecule has 1 atom stereocenters. The molecule has 0 saturated heterocycles. The highest BCUT2D eigenvalue weighted by Gasteiger charge is 2.15.